The second-order valence-electron chi connectivity index (χ2n) is 4.91. The third kappa shape index (κ3) is 3.46. The summed E-state index contributed by atoms with van der Waals surface area (Å²) in [4.78, 5) is 0. The largest absolute Gasteiger partial charge is 0.493 e. The van der Waals surface area contributed by atoms with E-state index in [0.29, 0.717) is 0 Å². The molecule has 17 heavy (non-hydrogen) atoms. The fourth-order valence-electron chi connectivity index (χ4n) is 1.93. The monoisotopic (exact) mass is 298 g/mol. The maximum absolute atomic E-state index is 9.18. The van der Waals surface area contributed by atoms with Gasteiger partial charge in [0.2, 0.25) is 0 Å². The maximum atomic E-state index is 9.18. The van der Waals surface area contributed by atoms with Gasteiger partial charge in [0.05, 0.1) is 6.61 Å². The molecule has 0 radical (unpaired) electrons. The second-order valence-corrected chi connectivity index (χ2v) is 5.83. The van der Waals surface area contributed by atoms with E-state index in [1.165, 1.54) is 19.3 Å². The lowest BCUT2D eigenvalue weighted by Crippen LogP contribution is -2.19. The Balaban J connectivity index is 2.02. The molecule has 2 nitrogen and oxygen atoms in total. The minimum absolute atomic E-state index is 0.151. The van der Waals surface area contributed by atoms with Gasteiger partial charge in [0, 0.05) is 17.0 Å². The van der Waals surface area contributed by atoms with Crippen molar-refractivity contribution in [3.05, 3.63) is 28.2 Å². The highest BCUT2D eigenvalue weighted by Crippen LogP contribution is 2.29. The van der Waals surface area contributed by atoms with Crippen molar-refractivity contribution in [3.63, 3.8) is 0 Å². The highest BCUT2D eigenvalue weighted by Gasteiger charge is 2.18. The first-order valence-corrected chi connectivity index (χ1v) is 7.02. The summed E-state index contributed by atoms with van der Waals surface area (Å²) >= 11 is 3.49. The highest BCUT2D eigenvalue weighted by molar-refractivity contribution is 9.10. The Morgan fingerprint density at radius 2 is 2.18 bits per heavy atom. The van der Waals surface area contributed by atoms with Gasteiger partial charge in [0.25, 0.3) is 0 Å². The molecule has 1 saturated carbocycles. The van der Waals surface area contributed by atoms with Crippen molar-refractivity contribution in [2.24, 2.45) is 5.92 Å². The molecule has 0 saturated heterocycles. The molecule has 0 amide bonds. The molecular weight excluding hydrogens is 280 g/mol. The van der Waals surface area contributed by atoms with Crippen LogP contribution in [0.5, 0.6) is 5.75 Å². The Kier molecular flexibility index (Phi) is 4.46. The Bertz CT molecular complexity index is 374. The van der Waals surface area contributed by atoms with Crippen molar-refractivity contribution >= 4 is 15.9 Å². The highest BCUT2D eigenvalue weighted by atomic mass is 79.9. The number of hydrogen-bond acceptors (Lipinski definition) is 2. The van der Waals surface area contributed by atoms with Gasteiger partial charge in [-0.2, -0.15) is 0 Å². The number of rotatable bonds is 5. The minimum atomic E-state index is 0.151. The van der Waals surface area contributed by atoms with Crippen molar-refractivity contribution in [1.29, 1.82) is 0 Å². The van der Waals surface area contributed by atoms with Gasteiger partial charge in [-0.05, 0) is 42.5 Å². The average Bonchev–Trinajstić information content (AvgIpc) is 2.25. The molecule has 1 N–H and O–H groups in total. The minimum Gasteiger partial charge on any atom is -0.493 e. The molecule has 1 aromatic rings. The lowest BCUT2D eigenvalue weighted by Gasteiger charge is -2.25. The molecule has 0 aromatic heterocycles. The summed E-state index contributed by atoms with van der Waals surface area (Å²) in [6.45, 7) is 3.00. The van der Waals surface area contributed by atoms with E-state index in [4.69, 9.17) is 4.74 Å². The van der Waals surface area contributed by atoms with Gasteiger partial charge in [-0.25, -0.2) is 0 Å². The first kappa shape index (κ1) is 12.9. The Hall–Kier alpha value is -0.540. The van der Waals surface area contributed by atoms with Gasteiger partial charge < -0.3 is 9.84 Å². The van der Waals surface area contributed by atoms with Crippen LogP contribution < -0.4 is 4.74 Å². The molecule has 1 aromatic carbocycles. The molecule has 1 fully saturated rings. The molecule has 0 bridgehead atoms. The Morgan fingerprint density at radius 1 is 1.41 bits per heavy atom. The number of halogens is 1. The lowest BCUT2D eigenvalue weighted by atomic mass is 9.86. The van der Waals surface area contributed by atoms with Crippen molar-refractivity contribution in [2.45, 2.75) is 32.1 Å². The summed E-state index contributed by atoms with van der Waals surface area (Å²) in [5.41, 5.74) is 1.12. The van der Waals surface area contributed by atoms with E-state index in [-0.39, 0.29) is 12.5 Å². The van der Waals surface area contributed by atoms with E-state index >= 15 is 0 Å². The fourth-order valence-corrected chi connectivity index (χ4v) is 2.42. The molecule has 1 aliphatic rings. The van der Waals surface area contributed by atoms with E-state index < -0.39 is 0 Å². The zero-order chi connectivity index (χ0) is 12.3. The third-order valence-corrected chi connectivity index (χ3v) is 3.90. The van der Waals surface area contributed by atoms with E-state index in [0.717, 1.165) is 28.3 Å². The number of aliphatic hydroxyl groups excluding tert-OH is 1. The van der Waals surface area contributed by atoms with Gasteiger partial charge in [-0.1, -0.05) is 29.3 Å². The summed E-state index contributed by atoms with van der Waals surface area (Å²) in [6, 6.07) is 6.06. The normalized spacial score (nSPS) is 17.6. The summed E-state index contributed by atoms with van der Waals surface area (Å²) in [5, 5.41) is 9.18. The van der Waals surface area contributed by atoms with Gasteiger partial charge in [-0.3, -0.25) is 0 Å². The van der Waals surface area contributed by atoms with Crippen LogP contribution in [-0.4, -0.2) is 18.3 Å². The van der Waals surface area contributed by atoms with E-state index in [9.17, 15) is 5.11 Å². The van der Waals surface area contributed by atoms with E-state index in [2.05, 4.69) is 15.9 Å². The predicted octanol–water partition coefficient (Wildman–Crippen LogP) is 3.72. The van der Waals surface area contributed by atoms with Crippen LogP contribution in [0.25, 0.3) is 0 Å². The van der Waals surface area contributed by atoms with Crippen LogP contribution in [0.3, 0.4) is 0 Å². The summed E-state index contributed by atoms with van der Waals surface area (Å²) in [7, 11) is 0. The van der Waals surface area contributed by atoms with Crippen LogP contribution in [0, 0.1) is 5.92 Å². The summed E-state index contributed by atoms with van der Waals surface area (Å²) in [6.07, 6.45) is 3.95. The molecule has 0 spiro atoms. The average molecular weight is 299 g/mol. The number of hydrogen-bond donors (Lipinski definition) is 1. The van der Waals surface area contributed by atoms with Crippen LogP contribution in [0.15, 0.2) is 22.7 Å². The standard InChI is InChI=1S/C14H19BrO2/c1-10(8-16)12-5-13(15)7-14(6-12)17-9-11-3-2-4-11/h5-7,10-11,16H,2-4,8-9H2,1H3. The van der Waals surface area contributed by atoms with Crippen LogP contribution in [0.4, 0.5) is 0 Å². The predicted molar refractivity (Wildman–Crippen MR) is 72.5 cm³/mol. The maximum Gasteiger partial charge on any atom is 0.120 e. The number of aliphatic hydroxyl groups is 1. The molecule has 1 unspecified atom stereocenters. The molecule has 0 heterocycles. The summed E-state index contributed by atoms with van der Waals surface area (Å²) < 4.78 is 6.83. The molecule has 1 atom stereocenters. The Labute approximate surface area is 111 Å². The zero-order valence-electron chi connectivity index (χ0n) is 10.2. The molecule has 1 aliphatic carbocycles. The first-order chi connectivity index (χ1) is 8.19. The van der Waals surface area contributed by atoms with Crippen molar-refractivity contribution in [2.75, 3.05) is 13.2 Å². The van der Waals surface area contributed by atoms with E-state index in [1.54, 1.807) is 0 Å². The van der Waals surface area contributed by atoms with Gasteiger partial charge in [0.15, 0.2) is 0 Å². The molecule has 3 heteroatoms. The summed E-state index contributed by atoms with van der Waals surface area (Å²) in [5.74, 6) is 1.80. The quantitative estimate of drug-likeness (QED) is 0.898. The van der Waals surface area contributed by atoms with Crippen LogP contribution >= 0.6 is 15.9 Å². The topological polar surface area (TPSA) is 29.5 Å². The second kappa shape index (κ2) is 5.87. The van der Waals surface area contributed by atoms with E-state index in [1.807, 2.05) is 25.1 Å². The number of benzene rings is 1. The van der Waals surface area contributed by atoms with Gasteiger partial charge in [0.1, 0.15) is 5.75 Å². The van der Waals surface area contributed by atoms with Crippen LogP contribution in [0.1, 0.15) is 37.7 Å². The van der Waals surface area contributed by atoms with Crippen molar-refractivity contribution < 1.29 is 9.84 Å². The molecule has 2 rings (SSSR count). The SMILES string of the molecule is CC(CO)c1cc(Br)cc(OCC2CCC2)c1. The zero-order valence-corrected chi connectivity index (χ0v) is 11.7. The smallest absolute Gasteiger partial charge is 0.120 e. The Morgan fingerprint density at radius 3 is 2.76 bits per heavy atom. The molecule has 94 valence electrons. The third-order valence-electron chi connectivity index (χ3n) is 3.45. The van der Waals surface area contributed by atoms with Crippen molar-refractivity contribution in [3.8, 4) is 5.75 Å². The van der Waals surface area contributed by atoms with Crippen LogP contribution in [-0.2, 0) is 0 Å². The van der Waals surface area contributed by atoms with Gasteiger partial charge in [-0.15, -0.1) is 0 Å². The fraction of sp³-hybridized carbons (Fsp3) is 0.571. The molecular formula is C14H19BrO2. The van der Waals surface area contributed by atoms with Crippen LogP contribution in [0.2, 0.25) is 0 Å². The number of ether oxygens (including phenoxy) is 1. The first-order valence-electron chi connectivity index (χ1n) is 6.23. The molecule has 0 aliphatic heterocycles. The van der Waals surface area contributed by atoms with Gasteiger partial charge >= 0.3 is 0 Å². The van der Waals surface area contributed by atoms with Crippen molar-refractivity contribution in [1.82, 2.24) is 0 Å². The lowest BCUT2D eigenvalue weighted by molar-refractivity contribution is 0.180.